The number of nitrogens with one attached hydrogen (secondary N) is 2. The van der Waals surface area contributed by atoms with Crippen LogP contribution in [0.3, 0.4) is 0 Å². The van der Waals surface area contributed by atoms with E-state index < -0.39 is 0 Å². The Hall–Kier alpha value is -3.21. The molecule has 0 spiro atoms. The number of aryl methyl sites for hydroxylation is 2. The van der Waals surface area contributed by atoms with E-state index in [1.165, 1.54) is 0 Å². The topological polar surface area (TPSA) is 66.9 Å². The molecule has 3 aromatic rings. The van der Waals surface area contributed by atoms with E-state index >= 15 is 0 Å². The lowest BCUT2D eigenvalue weighted by Gasteiger charge is -2.08. The van der Waals surface area contributed by atoms with E-state index in [4.69, 9.17) is 0 Å². The van der Waals surface area contributed by atoms with Crippen molar-refractivity contribution in [3.8, 4) is 0 Å². The van der Waals surface area contributed by atoms with Crippen molar-refractivity contribution < 1.29 is 4.79 Å². The molecule has 2 aromatic carbocycles. The zero-order valence-corrected chi connectivity index (χ0v) is 13.6. The van der Waals surface area contributed by atoms with Gasteiger partial charge >= 0.3 is 0 Å². The number of nitrogens with zero attached hydrogens (tertiary/aromatic N) is 2. The summed E-state index contributed by atoms with van der Waals surface area (Å²) in [6.07, 6.45) is 0. The monoisotopic (exact) mass is 318 g/mol. The molecule has 1 aromatic heterocycles. The SMILES string of the molecule is Cc1cc(C)nc(Nc2ccc(C(=O)Nc3ccccc3)cc2)n1. The summed E-state index contributed by atoms with van der Waals surface area (Å²) >= 11 is 0. The van der Waals surface area contributed by atoms with Crippen LogP contribution in [0.4, 0.5) is 17.3 Å². The molecule has 0 bridgehead atoms. The van der Waals surface area contributed by atoms with Gasteiger partial charge in [0.1, 0.15) is 0 Å². The first kappa shape index (κ1) is 15.7. The molecule has 0 unspecified atom stereocenters. The molecule has 3 rings (SSSR count). The van der Waals surface area contributed by atoms with Crippen LogP contribution >= 0.6 is 0 Å². The van der Waals surface area contributed by atoms with Crippen LogP contribution in [-0.4, -0.2) is 15.9 Å². The second-order valence-electron chi connectivity index (χ2n) is 5.50. The Balaban J connectivity index is 1.70. The van der Waals surface area contributed by atoms with E-state index in [2.05, 4.69) is 20.6 Å². The molecule has 1 amide bonds. The smallest absolute Gasteiger partial charge is 0.255 e. The Kier molecular flexibility index (Phi) is 4.52. The highest BCUT2D eigenvalue weighted by atomic mass is 16.1. The number of hydrogen-bond acceptors (Lipinski definition) is 4. The fourth-order valence-corrected chi connectivity index (χ4v) is 2.34. The number of carbonyl (C=O) groups excluding carboxylic acids is 1. The lowest BCUT2D eigenvalue weighted by molar-refractivity contribution is 0.102. The summed E-state index contributed by atoms with van der Waals surface area (Å²) in [5.41, 5.74) is 4.00. The second-order valence-corrected chi connectivity index (χ2v) is 5.50. The Bertz CT molecular complexity index is 825. The van der Waals surface area contributed by atoms with Gasteiger partial charge in [0.05, 0.1) is 0 Å². The van der Waals surface area contributed by atoms with Crippen LogP contribution in [0, 0.1) is 13.8 Å². The van der Waals surface area contributed by atoms with E-state index in [9.17, 15) is 4.79 Å². The maximum Gasteiger partial charge on any atom is 0.255 e. The molecule has 24 heavy (non-hydrogen) atoms. The number of aromatic nitrogens is 2. The summed E-state index contributed by atoms with van der Waals surface area (Å²) in [4.78, 5) is 20.9. The predicted molar refractivity (Wildman–Crippen MR) is 95.6 cm³/mol. The molecule has 0 saturated heterocycles. The minimum atomic E-state index is -0.143. The van der Waals surface area contributed by atoms with Gasteiger partial charge in [0, 0.05) is 28.3 Å². The molecule has 0 fully saturated rings. The van der Waals surface area contributed by atoms with Gasteiger partial charge in [0.2, 0.25) is 5.95 Å². The highest BCUT2D eigenvalue weighted by molar-refractivity contribution is 6.04. The maximum atomic E-state index is 12.2. The number of hydrogen-bond donors (Lipinski definition) is 2. The number of anilines is 3. The summed E-state index contributed by atoms with van der Waals surface area (Å²) in [6, 6.07) is 18.5. The number of rotatable bonds is 4. The van der Waals surface area contributed by atoms with Crippen molar-refractivity contribution in [3.05, 3.63) is 77.6 Å². The zero-order chi connectivity index (χ0) is 16.9. The summed E-state index contributed by atoms with van der Waals surface area (Å²) in [5, 5.41) is 6.01. The molecule has 120 valence electrons. The summed E-state index contributed by atoms with van der Waals surface area (Å²) in [6.45, 7) is 3.85. The summed E-state index contributed by atoms with van der Waals surface area (Å²) < 4.78 is 0. The third-order valence-electron chi connectivity index (χ3n) is 3.42. The highest BCUT2D eigenvalue weighted by Gasteiger charge is 2.06. The fourth-order valence-electron chi connectivity index (χ4n) is 2.34. The molecule has 0 aliphatic carbocycles. The van der Waals surface area contributed by atoms with Crippen LogP contribution in [0.5, 0.6) is 0 Å². The van der Waals surface area contributed by atoms with E-state index in [1.807, 2.05) is 62.4 Å². The molecule has 1 heterocycles. The molecular formula is C19H18N4O. The third kappa shape index (κ3) is 3.95. The third-order valence-corrected chi connectivity index (χ3v) is 3.42. The van der Waals surface area contributed by atoms with Crippen molar-refractivity contribution >= 4 is 23.2 Å². The Morgan fingerprint density at radius 2 is 1.46 bits per heavy atom. The normalized spacial score (nSPS) is 10.2. The number of para-hydroxylation sites is 1. The van der Waals surface area contributed by atoms with Gasteiger partial charge in [-0.05, 0) is 56.3 Å². The van der Waals surface area contributed by atoms with E-state index in [0.29, 0.717) is 11.5 Å². The lowest BCUT2D eigenvalue weighted by atomic mass is 10.2. The van der Waals surface area contributed by atoms with E-state index in [1.54, 1.807) is 12.1 Å². The summed E-state index contributed by atoms with van der Waals surface area (Å²) in [5.74, 6) is 0.407. The van der Waals surface area contributed by atoms with Gasteiger partial charge in [-0.25, -0.2) is 9.97 Å². The average molecular weight is 318 g/mol. The minimum Gasteiger partial charge on any atom is -0.324 e. The Morgan fingerprint density at radius 1 is 0.833 bits per heavy atom. The standard InChI is InChI=1S/C19H18N4O/c1-13-12-14(2)21-19(20-13)23-17-10-8-15(9-11-17)18(24)22-16-6-4-3-5-7-16/h3-12H,1-2H3,(H,22,24)(H,20,21,23). The number of carbonyl (C=O) groups is 1. The van der Waals surface area contributed by atoms with Crippen molar-refractivity contribution in [1.29, 1.82) is 0 Å². The largest absolute Gasteiger partial charge is 0.324 e. The van der Waals surface area contributed by atoms with Crippen molar-refractivity contribution in [2.75, 3.05) is 10.6 Å². The lowest BCUT2D eigenvalue weighted by Crippen LogP contribution is -2.11. The maximum absolute atomic E-state index is 12.2. The first-order chi connectivity index (χ1) is 11.6. The molecule has 0 atom stereocenters. The van der Waals surface area contributed by atoms with Gasteiger partial charge in [-0.2, -0.15) is 0 Å². The second kappa shape index (κ2) is 6.91. The average Bonchev–Trinajstić information content (AvgIpc) is 2.55. The molecular weight excluding hydrogens is 300 g/mol. The molecule has 0 radical (unpaired) electrons. The van der Waals surface area contributed by atoms with Gasteiger partial charge in [-0.3, -0.25) is 4.79 Å². The Labute approximate surface area is 140 Å². The van der Waals surface area contributed by atoms with E-state index in [0.717, 1.165) is 22.8 Å². The van der Waals surface area contributed by atoms with Crippen LogP contribution in [0.15, 0.2) is 60.7 Å². The fraction of sp³-hybridized carbons (Fsp3) is 0.105. The van der Waals surface area contributed by atoms with Crippen LogP contribution in [0.25, 0.3) is 0 Å². The molecule has 5 heteroatoms. The molecule has 0 aliphatic heterocycles. The minimum absolute atomic E-state index is 0.143. The number of benzene rings is 2. The predicted octanol–water partition coefficient (Wildman–Crippen LogP) is 4.09. The molecule has 0 saturated carbocycles. The van der Waals surface area contributed by atoms with Crippen LogP contribution in [-0.2, 0) is 0 Å². The zero-order valence-electron chi connectivity index (χ0n) is 13.6. The quantitative estimate of drug-likeness (QED) is 0.760. The van der Waals surface area contributed by atoms with Crippen LogP contribution in [0.1, 0.15) is 21.7 Å². The van der Waals surface area contributed by atoms with Crippen LogP contribution < -0.4 is 10.6 Å². The number of amides is 1. The van der Waals surface area contributed by atoms with Crippen molar-refractivity contribution in [2.45, 2.75) is 13.8 Å². The highest BCUT2D eigenvalue weighted by Crippen LogP contribution is 2.16. The van der Waals surface area contributed by atoms with Gasteiger partial charge in [-0.1, -0.05) is 18.2 Å². The van der Waals surface area contributed by atoms with Crippen molar-refractivity contribution in [3.63, 3.8) is 0 Å². The first-order valence-corrected chi connectivity index (χ1v) is 7.66. The molecule has 0 aliphatic rings. The first-order valence-electron chi connectivity index (χ1n) is 7.66. The van der Waals surface area contributed by atoms with E-state index in [-0.39, 0.29) is 5.91 Å². The Morgan fingerprint density at radius 3 is 2.08 bits per heavy atom. The molecule has 5 nitrogen and oxygen atoms in total. The van der Waals surface area contributed by atoms with Gasteiger partial charge in [0.15, 0.2) is 0 Å². The summed E-state index contributed by atoms with van der Waals surface area (Å²) in [7, 11) is 0. The molecule has 2 N–H and O–H groups in total. The van der Waals surface area contributed by atoms with Gasteiger partial charge in [0.25, 0.3) is 5.91 Å². The van der Waals surface area contributed by atoms with Crippen LogP contribution in [0.2, 0.25) is 0 Å². The van der Waals surface area contributed by atoms with Crippen molar-refractivity contribution in [2.24, 2.45) is 0 Å². The van der Waals surface area contributed by atoms with Crippen molar-refractivity contribution in [1.82, 2.24) is 9.97 Å². The van der Waals surface area contributed by atoms with Gasteiger partial charge < -0.3 is 10.6 Å². The van der Waals surface area contributed by atoms with Gasteiger partial charge in [-0.15, -0.1) is 0 Å².